The molecule has 1 aromatic heterocycles. The van der Waals surface area contributed by atoms with Crippen molar-refractivity contribution >= 4 is 11.6 Å². The van der Waals surface area contributed by atoms with Crippen molar-refractivity contribution in [3.8, 4) is 0 Å². The van der Waals surface area contributed by atoms with E-state index in [4.69, 9.17) is 11.6 Å². The largest absolute Gasteiger partial charge is 0.388 e. The van der Waals surface area contributed by atoms with Crippen LogP contribution in [0.2, 0.25) is 5.02 Å². The van der Waals surface area contributed by atoms with E-state index in [1.807, 2.05) is 6.07 Å². The standard InChI is InChI=1S/C14H19ClN2O/c15-12-10-16-6-4-11(12)9-14(18)5-8-17-7-2-1-3-13(14)17/h4,6,10,13,18H,1-3,5,7-9H2. The minimum atomic E-state index is -0.606. The van der Waals surface area contributed by atoms with Crippen molar-refractivity contribution in [2.24, 2.45) is 0 Å². The van der Waals surface area contributed by atoms with E-state index < -0.39 is 5.60 Å². The summed E-state index contributed by atoms with van der Waals surface area (Å²) in [7, 11) is 0. The van der Waals surface area contributed by atoms with Crippen LogP contribution in [0, 0.1) is 0 Å². The van der Waals surface area contributed by atoms with Crippen LogP contribution in [0.25, 0.3) is 0 Å². The summed E-state index contributed by atoms with van der Waals surface area (Å²) in [5.41, 5.74) is 0.410. The van der Waals surface area contributed by atoms with E-state index in [2.05, 4.69) is 9.88 Å². The number of hydrogen-bond donors (Lipinski definition) is 1. The van der Waals surface area contributed by atoms with E-state index in [1.165, 1.54) is 12.8 Å². The van der Waals surface area contributed by atoms with Gasteiger partial charge in [-0.15, -0.1) is 0 Å². The van der Waals surface area contributed by atoms with Crippen LogP contribution in [0.3, 0.4) is 0 Å². The molecule has 3 heterocycles. The van der Waals surface area contributed by atoms with Crippen LogP contribution in [-0.4, -0.2) is 39.7 Å². The van der Waals surface area contributed by atoms with Gasteiger partial charge in [0.05, 0.1) is 10.6 Å². The fourth-order valence-electron chi connectivity index (χ4n) is 3.45. The van der Waals surface area contributed by atoms with Gasteiger partial charge in [-0.3, -0.25) is 9.88 Å². The Bertz CT molecular complexity index is 440. The summed E-state index contributed by atoms with van der Waals surface area (Å²) >= 11 is 6.15. The van der Waals surface area contributed by atoms with Gasteiger partial charge in [-0.1, -0.05) is 18.0 Å². The van der Waals surface area contributed by atoms with Gasteiger partial charge in [-0.05, 0) is 37.4 Å². The third kappa shape index (κ3) is 2.15. The molecule has 3 nitrogen and oxygen atoms in total. The highest BCUT2D eigenvalue weighted by molar-refractivity contribution is 6.31. The normalized spacial score (nSPS) is 32.4. The second-order valence-corrected chi connectivity index (χ2v) is 5.95. The molecule has 0 radical (unpaired) electrons. The van der Waals surface area contributed by atoms with Crippen molar-refractivity contribution in [1.29, 1.82) is 0 Å². The molecule has 2 unspecified atom stereocenters. The summed E-state index contributed by atoms with van der Waals surface area (Å²) in [6.07, 6.45) is 8.52. The van der Waals surface area contributed by atoms with E-state index in [9.17, 15) is 5.11 Å². The second kappa shape index (κ2) is 4.80. The van der Waals surface area contributed by atoms with Gasteiger partial charge < -0.3 is 5.11 Å². The first kappa shape index (κ1) is 12.4. The zero-order valence-electron chi connectivity index (χ0n) is 10.5. The molecule has 0 spiro atoms. The topological polar surface area (TPSA) is 36.4 Å². The number of rotatable bonds is 2. The van der Waals surface area contributed by atoms with Crippen molar-refractivity contribution in [3.63, 3.8) is 0 Å². The summed E-state index contributed by atoms with van der Waals surface area (Å²) < 4.78 is 0. The Labute approximate surface area is 113 Å². The first-order chi connectivity index (χ1) is 8.69. The van der Waals surface area contributed by atoms with Gasteiger partial charge in [-0.2, -0.15) is 0 Å². The summed E-state index contributed by atoms with van der Waals surface area (Å²) in [4.78, 5) is 6.44. The fraction of sp³-hybridized carbons (Fsp3) is 0.643. The van der Waals surface area contributed by atoms with Crippen LogP contribution in [0.4, 0.5) is 0 Å². The van der Waals surface area contributed by atoms with Gasteiger partial charge in [0.1, 0.15) is 0 Å². The molecule has 2 fully saturated rings. The van der Waals surface area contributed by atoms with E-state index in [-0.39, 0.29) is 0 Å². The number of hydrogen-bond acceptors (Lipinski definition) is 3. The molecular weight excluding hydrogens is 248 g/mol. The molecule has 2 aliphatic rings. The molecule has 98 valence electrons. The lowest BCUT2D eigenvalue weighted by atomic mass is 9.84. The number of aromatic nitrogens is 1. The van der Waals surface area contributed by atoms with Crippen LogP contribution < -0.4 is 0 Å². The molecule has 0 amide bonds. The summed E-state index contributed by atoms with van der Waals surface area (Å²) in [6, 6.07) is 2.24. The van der Waals surface area contributed by atoms with Crippen molar-refractivity contribution in [3.05, 3.63) is 29.0 Å². The van der Waals surface area contributed by atoms with Crippen LogP contribution in [0.15, 0.2) is 18.5 Å². The number of piperidine rings is 1. The molecule has 3 rings (SSSR count). The molecular formula is C14H19ClN2O. The smallest absolute Gasteiger partial charge is 0.0855 e. The van der Waals surface area contributed by atoms with Gasteiger partial charge in [0, 0.05) is 31.4 Å². The Balaban J connectivity index is 1.81. The average Bonchev–Trinajstić information content (AvgIpc) is 2.71. The number of aliphatic hydroxyl groups is 1. The first-order valence-electron chi connectivity index (χ1n) is 6.74. The zero-order chi connectivity index (χ0) is 12.6. The van der Waals surface area contributed by atoms with Crippen molar-refractivity contribution in [2.75, 3.05) is 13.1 Å². The molecule has 0 aliphatic carbocycles. The van der Waals surface area contributed by atoms with Crippen molar-refractivity contribution < 1.29 is 5.11 Å². The lowest BCUT2D eigenvalue weighted by molar-refractivity contribution is -0.00885. The molecule has 2 atom stereocenters. The van der Waals surface area contributed by atoms with Crippen molar-refractivity contribution in [1.82, 2.24) is 9.88 Å². The highest BCUT2D eigenvalue weighted by atomic mass is 35.5. The van der Waals surface area contributed by atoms with Crippen LogP contribution in [0.5, 0.6) is 0 Å². The maximum atomic E-state index is 10.9. The molecule has 4 heteroatoms. The Morgan fingerprint density at radius 2 is 2.33 bits per heavy atom. The van der Waals surface area contributed by atoms with E-state index in [0.29, 0.717) is 17.5 Å². The monoisotopic (exact) mass is 266 g/mol. The van der Waals surface area contributed by atoms with Crippen LogP contribution in [0.1, 0.15) is 31.2 Å². The Morgan fingerprint density at radius 3 is 3.17 bits per heavy atom. The summed E-state index contributed by atoms with van der Waals surface area (Å²) in [5, 5.41) is 11.6. The third-order valence-electron chi connectivity index (χ3n) is 4.42. The highest BCUT2D eigenvalue weighted by Crippen LogP contribution is 2.38. The van der Waals surface area contributed by atoms with Crippen LogP contribution in [-0.2, 0) is 6.42 Å². The Hall–Kier alpha value is -0.640. The van der Waals surface area contributed by atoms with Gasteiger partial charge >= 0.3 is 0 Å². The quantitative estimate of drug-likeness (QED) is 0.892. The molecule has 0 saturated carbocycles. The van der Waals surface area contributed by atoms with Gasteiger partial charge in [-0.25, -0.2) is 0 Å². The SMILES string of the molecule is OC1(Cc2ccncc2Cl)CCN2CCCCC21. The molecule has 1 aromatic rings. The van der Waals surface area contributed by atoms with Gasteiger partial charge in [0.25, 0.3) is 0 Å². The fourth-order valence-corrected chi connectivity index (χ4v) is 3.64. The molecule has 2 aliphatic heterocycles. The van der Waals surface area contributed by atoms with E-state index in [1.54, 1.807) is 12.4 Å². The minimum Gasteiger partial charge on any atom is -0.388 e. The summed E-state index contributed by atoms with van der Waals surface area (Å²) in [5.74, 6) is 0. The predicted molar refractivity (Wildman–Crippen MR) is 71.7 cm³/mol. The van der Waals surface area contributed by atoms with Crippen LogP contribution >= 0.6 is 11.6 Å². The summed E-state index contributed by atoms with van der Waals surface area (Å²) in [6.45, 7) is 2.15. The van der Waals surface area contributed by atoms with Crippen molar-refractivity contribution in [2.45, 2.75) is 43.7 Å². The minimum absolute atomic E-state index is 0.315. The second-order valence-electron chi connectivity index (χ2n) is 5.54. The molecule has 0 bridgehead atoms. The lowest BCUT2D eigenvalue weighted by Gasteiger charge is -2.37. The number of pyridine rings is 1. The zero-order valence-corrected chi connectivity index (χ0v) is 11.2. The average molecular weight is 267 g/mol. The highest BCUT2D eigenvalue weighted by Gasteiger charge is 2.46. The maximum Gasteiger partial charge on any atom is 0.0855 e. The lowest BCUT2D eigenvalue weighted by Crippen LogP contribution is -2.48. The molecule has 18 heavy (non-hydrogen) atoms. The van der Waals surface area contributed by atoms with Gasteiger partial charge in [0.2, 0.25) is 0 Å². The number of fused-ring (bicyclic) bond motifs is 1. The number of halogens is 1. The first-order valence-corrected chi connectivity index (χ1v) is 7.12. The van der Waals surface area contributed by atoms with E-state index in [0.717, 1.165) is 31.5 Å². The molecule has 0 aromatic carbocycles. The number of nitrogens with zero attached hydrogens (tertiary/aromatic N) is 2. The molecule has 2 saturated heterocycles. The maximum absolute atomic E-state index is 10.9. The van der Waals surface area contributed by atoms with Gasteiger partial charge in [0.15, 0.2) is 0 Å². The predicted octanol–water partition coefficient (Wildman–Crippen LogP) is 2.27. The molecule has 1 N–H and O–H groups in total. The Kier molecular flexibility index (Phi) is 3.31. The third-order valence-corrected chi connectivity index (χ3v) is 4.76. The Morgan fingerprint density at radius 1 is 1.44 bits per heavy atom. The van der Waals surface area contributed by atoms with E-state index >= 15 is 0 Å².